The van der Waals surface area contributed by atoms with E-state index in [0.29, 0.717) is 0 Å². The van der Waals surface area contributed by atoms with Crippen LogP contribution in [0.3, 0.4) is 0 Å². The highest BCUT2D eigenvalue weighted by Gasteiger charge is 2.08. The van der Waals surface area contributed by atoms with E-state index in [1.54, 1.807) is 0 Å². The second-order valence-electron chi connectivity index (χ2n) is 7.15. The number of carbonyl (C=O) groups excluding carboxylic acids is 1. The van der Waals surface area contributed by atoms with E-state index in [1.165, 1.54) is 19.4 Å². The number of carboxylic acids is 1. The Bertz CT molecular complexity index is 212. The average Bonchev–Trinajstić information content (AvgIpc) is 2.11. The largest absolute Gasteiger partial charge is 0.550 e. The lowest BCUT2D eigenvalue weighted by atomic mass is 9.90. The van der Waals surface area contributed by atoms with Gasteiger partial charge in [0, 0.05) is 5.97 Å². The summed E-state index contributed by atoms with van der Waals surface area (Å²) in [6.45, 7) is 9.83. The van der Waals surface area contributed by atoms with Gasteiger partial charge in [-0.3, -0.25) is 0 Å². The summed E-state index contributed by atoms with van der Waals surface area (Å²) in [5.74, 6) is -0.941. The van der Waals surface area contributed by atoms with Gasteiger partial charge in [0.1, 0.15) is 0 Å². The molecule has 0 spiro atoms. The van der Waals surface area contributed by atoms with Crippen LogP contribution in [0, 0.1) is 5.41 Å². The van der Waals surface area contributed by atoms with Crippen LogP contribution in [-0.2, 0) is 4.79 Å². The molecule has 0 fully saturated rings. The van der Waals surface area contributed by atoms with Crippen LogP contribution >= 0.6 is 0 Å². The van der Waals surface area contributed by atoms with Crippen molar-refractivity contribution in [2.75, 3.05) is 27.7 Å². The normalized spacial score (nSPS) is 11.7. The minimum atomic E-state index is -0.941. The third-order valence-electron chi connectivity index (χ3n) is 2.49. The molecule has 0 aliphatic rings. The topological polar surface area (TPSA) is 40.1 Å². The van der Waals surface area contributed by atoms with Crippen molar-refractivity contribution in [3.05, 3.63) is 0 Å². The van der Waals surface area contributed by atoms with Crippen molar-refractivity contribution >= 4 is 5.97 Å². The van der Waals surface area contributed by atoms with E-state index in [0.717, 1.165) is 17.3 Å². The Labute approximate surface area is 114 Å². The van der Waals surface area contributed by atoms with Gasteiger partial charge >= 0.3 is 0 Å². The molecule has 0 aromatic heterocycles. The van der Waals surface area contributed by atoms with E-state index in [2.05, 4.69) is 48.8 Å². The molecule has 3 nitrogen and oxygen atoms in total. The average molecular weight is 259 g/mol. The molecule has 3 heteroatoms. The molecule has 0 amide bonds. The lowest BCUT2D eigenvalue weighted by Crippen LogP contribution is -2.35. The molecule has 0 saturated heterocycles. The summed E-state index contributed by atoms with van der Waals surface area (Å²) >= 11 is 0. The van der Waals surface area contributed by atoms with E-state index in [1.807, 2.05) is 0 Å². The monoisotopic (exact) mass is 259 g/mol. The third-order valence-corrected chi connectivity index (χ3v) is 2.49. The Morgan fingerprint density at radius 3 is 1.83 bits per heavy atom. The molecule has 0 rings (SSSR count). The number of unbranched alkanes of at least 4 members (excludes halogenated alkanes) is 1. The molecule has 110 valence electrons. The molecule has 0 aromatic rings. The first-order valence-corrected chi connectivity index (χ1v) is 6.98. The van der Waals surface area contributed by atoms with Crippen LogP contribution in [0.2, 0.25) is 0 Å². The molecule has 0 bridgehead atoms. The maximum atomic E-state index is 9.97. The van der Waals surface area contributed by atoms with E-state index >= 15 is 0 Å². The summed E-state index contributed by atoms with van der Waals surface area (Å²) in [4.78, 5) is 9.97. The standard InChI is InChI=1S/C8H16O2.C7H18N/c1-8(2,3)6-4-5-7(9)10;1-5-6-7-8(2,3)4/h4-6H2,1-3H3,(H,9,10);5-7H2,1-4H3/q;+1/p-1. The molecule has 0 N–H and O–H groups in total. The summed E-state index contributed by atoms with van der Waals surface area (Å²) in [7, 11) is 6.70. The maximum absolute atomic E-state index is 9.97. The van der Waals surface area contributed by atoms with Crippen molar-refractivity contribution < 1.29 is 14.4 Å². The molecule has 0 aromatic carbocycles. The Morgan fingerprint density at radius 2 is 1.61 bits per heavy atom. The van der Waals surface area contributed by atoms with Crippen molar-refractivity contribution in [1.82, 2.24) is 0 Å². The predicted octanol–water partition coefficient (Wildman–Crippen LogP) is 2.45. The van der Waals surface area contributed by atoms with Crippen molar-refractivity contribution in [3.8, 4) is 0 Å². The summed E-state index contributed by atoms with van der Waals surface area (Å²) in [6, 6.07) is 0. The van der Waals surface area contributed by atoms with Crippen LogP contribution in [0.15, 0.2) is 0 Å². The second kappa shape index (κ2) is 9.37. The smallest absolute Gasteiger partial charge is 0.0780 e. The van der Waals surface area contributed by atoms with Gasteiger partial charge in [-0.05, 0) is 31.1 Å². The molecule has 0 aliphatic heterocycles. The lowest BCUT2D eigenvalue weighted by Gasteiger charge is -2.23. The molecule has 0 saturated carbocycles. The number of carboxylic acid groups (broad SMARTS) is 1. The molecule has 0 radical (unpaired) electrons. The number of aliphatic carboxylic acids is 1. The Morgan fingerprint density at radius 1 is 1.11 bits per heavy atom. The highest BCUT2D eigenvalue weighted by Crippen LogP contribution is 2.20. The van der Waals surface area contributed by atoms with E-state index < -0.39 is 5.97 Å². The van der Waals surface area contributed by atoms with Crippen molar-refractivity contribution in [3.63, 3.8) is 0 Å². The fourth-order valence-electron chi connectivity index (χ4n) is 1.40. The van der Waals surface area contributed by atoms with Gasteiger partial charge in [0.2, 0.25) is 0 Å². The van der Waals surface area contributed by atoms with Gasteiger partial charge in [0.05, 0.1) is 27.7 Å². The zero-order valence-corrected chi connectivity index (χ0v) is 13.5. The van der Waals surface area contributed by atoms with Crippen LogP contribution < -0.4 is 5.11 Å². The molecular formula is C15H33NO2. The summed E-state index contributed by atoms with van der Waals surface area (Å²) in [6.07, 6.45) is 4.53. The molecule has 0 heterocycles. The molecule has 0 aliphatic carbocycles. The first-order chi connectivity index (χ1) is 7.98. The van der Waals surface area contributed by atoms with Gasteiger partial charge in [-0.25, -0.2) is 0 Å². The maximum Gasteiger partial charge on any atom is 0.0780 e. The summed E-state index contributed by atoms with van der Waals surface area (Å²) in [5.41, 5.74) is 0.245. The van der Waals surface area contributed by atoms with Gasteiger partial charge in [-0.2, -0.15) is 0 Å². The highest BCUT2D eigenvalue weighted by molar-refractivity contribution is 5.64. The Hall–Kier alpha value is -0.570. The zero-order chi connectivity index (χ0) is 14.8. The fraction of sp³-hybridized carbons (Fsp3) is 0.933. The van der Waals surface area contributed by atoms with Crippen LogP contribution in [0.25, 0.3) is 0 Å². The number of quaternary nitrogens is 1. The van der Waals surface area contributed by atoms with Crippen LogP contribution in [0.5, 0.6) is 0 Å². The van der Waals surface area contributed by atoms with Crippen molar-refractivity contribution in [1.29, 1.82) is 0 Å². The number of rotatable bonds is 6. The first kappa shape index (κ1) is 19.8. The molecule has 0 unspecified atom stereocenters. The minimum Gasteiger partial charge on any atom is -0.550 e. The SMILES string of the molecule is CC(C)(C)CCCC(=O)[O-].CCCC[N+](C)(C)C. The minimum absolute atomic E-state index is 0.192. The summed E-state index contributed by atoms with van der Waals surface area (Å²) in [5, 5.41) is 9.97. The number of nitrogens with zero attached hydrogens (tertiary/aromatic N) is 1. The van der Waals surface area contributed by atoms with Crippen LogP contribution in [0.1, 0.15) is 59.8 Å². The third kappa shape index (κ3) is 24.6. The van der Waals surface area contributed by atoms with E-state index in [9.17, 15) is 9.90 Å². The van der Waals surface area contributed by atoms with Gasteiger partial charge in [0.15, 0.2) is 0 Å². The van der Waals surface area contributed by atoms with Gasteiger partial charge < -0.3 is 14.4 Å². The lowest BCUT2D eigenvalue weighted by molar-refractivity contribution is -0.870. The second-order valence-corrected chi connectivity index (χ2v) is 7.15. The first-order valence-electron chi connectivity index (χ1n) is 6.98. The molecule has 0 atom stereocenters. The van der Waals surface area contributed by atoms with E-state index in [4.69, 9.17) is 0 Å². The Kier molecular flexibility index (Phi) is 10.3. The predicted molar refractivity (Wildman–Crippen MR) is 76.1 cm³/mol. The van der Waals surface area contributed by atoms with Crippen LogP contribution in [0.4, 0.5) is 0 Å². The van der Waals surface area contributed by atoms with Crippen LogP contribution in [-0.4, -0.2) is 38.1 Å². The number of carbonyl (C=O) groups is 1. The fourth-order valence-corrected chi connectivity index (χ4v) is 1.40. The van der Waals surface area contributed by atoms with Gasteiger partial charge in [0.25, 0.3) is 0 Å². The quantitative estimate of drug-likeness (QED) is 0.687. The Balaban J connectivity index is 0. The zero-order valence-electron chi connectivity index (χ0n) is 13.5. The molecular weight excluding hydrogens is 226 g/mol. The van der Waals surface area contributed by atoms with E-state index in [-0.39, 0.29) is 11.8 Å². The van der Waals surface area contributed by atoms with Crippen molar-refractivity contribution in [2.45, 2.75) is 59.8 Å². The molecule has 18 heavy (non-hydrogen) atoms. The van der Waals surface area contributed by atoms with Gasteiger partial charge in [-0.15, -0.1) is 0 Å². The number of hydrogen-bond donors (Lipinski definition) is 0. The number of hydrogen-bond acceptors (Lipinski definition) is 2. The summed E-state index contributed by atoms with van der Waals surface area (Å²) < 4.78 is 1.10. The van der Waals surface area contributed by atoms with Crippen molar-refractivity contribution in [2.24, 2.45) is 5.41 Å². The van der Waals surface area contributed by atoms with Gasteiger partial charge in [-0.1, -0.05) is 34.1 Å². The highest BCUT2D eigenvalue weighted by atomic mass is 16.4.